The van der Waals surface area contributed by atoms with Crippen molar-refractivity contribution in [3.63, 3.8) is 0 Å². The van der Waals surface area contributed by atoms with Gasteiger partial charge in [0, 0.05) is 11.8 Å². The number of esters is 1. The molecule has 1 aromatic carbocycles. The maximum atomic E-state index is 11.6. The first-order chi connectivity index (χ1) is 8.74. The van der Waals surface area contributed by atoms with Crippen molar-refractivity contribution in [1.29, 1.82) is 0 Å². The van der Waals surface area contributed by atoms with Gasteiger partial charge in [-0.25, -0.2) is 4.79 Å². The van der Waals surface area contributed by atoms with Crippen molar-refractivity contribution >= 4 is 17.7 Å². The number of carbonyl (C=O) groups is 1. The van der Waals surface area contributed by atoms with Crippen molar-refractivity contribution in [2.75, 3.05) is 5.73 Å². The molecule has 3 heteroatoms. The molecule has 0 heterocycles. The number of hydrogen-bond acceptors (Lipinski definition) is 3. The molecule has 3 nitrogen and oxygen atoms in total. The Balaban J connectivity index is 1.84. The molecular weight excluding hydrogens is 226 g/mol. The van der Waals surface area contributed by atoms with Crippen LogP contribution in [0.3, 0.4) is 0 Å². The Morgan fingerprint density at radius 3 is 2.50 bits per heavy atom. The molecule has 1 aliphatic rings. The number of ether oxygens (including phenoxy) is 1. The molecule has 96 valence electrons. The van der Waals surface area contributed by atoms with Crippen LogP contribution >= 0.6 is 0 Å². The Morgan fingerprint density at radius 1 is 1.17 bits per heavy atom. The molecule has 0 bridgehead atoms. The Kier molecular flexibility index (Phi) is 4.40. The first-order valence-corrected chi connectivity index (χ1v) is 6.48. The Labute approximate surface area is 108 Å². The molecule has 2 rings (SSSR count). The topological polar surface area (TPSA) is 52.3 Å². The monoisotopic (exact) mass is 245 g/mol. The van der Waals surface area contributed by atoms with E-state index in [1.54, 1.807) is 6.08 Å². The van der Waals surface area contributed by atoms with E-state index in [4.69, 9.17) is 10.5 Å². The highest BCUT2D eigenvalue weighted by atomic mass is 16.5. The SMILES string of the molecule is Nc1ccc(/C=C/C(=O)OC2CCCCC2)cc1. The van der Waals surface area contributed by atoms with Crippen LogP contribution in [-0.2, 0) is 9.53 Å². The van der Waals surface area contributed by atoms with Crippen molar-refractivity contribution in [3.8, 4) is 0 Å². The average Bonchev–Trinajstić information content (AvgIpc) is 2.39. The number of rotatable bonds is 3. The standard InChI is InChI=1S/C15H19NO2/c16-13-9-6-12(7-10-13)8-11-15(17)18-14-4-2-1-3-5-14/h6-11,14H,1-5,16H2/b11-8+. The second-order valence-corrected chi connectivity index (χ2v) is 4.70. The zero-order chi connectivity index (χ0) is 12.8. The fraction of sp³-hybridized carbons (Fsp3) is 0.400. The lowest BCUT2D eigenvalue weighted by molar-refractivity contribution is -0.144. The van der Waals surface area contributed by atoms with Crippen molar-refractivity contribution in [3.05, 3.63) is 35.9 Å². The minimum Gasteiger partial charge on any atom is -0.459 e. The molecule has 0 amide bonds. The number of carbonyl (C=O) groups excluding carboxylic acids is 1. The van der Waals surface area contributed by atoms with Gasteiger partial charge in [-0.05, 0) is 49.5 Å². The van der Waals surface area contributed by atoms with E-state index in [0.717, 1.165) is 24.1 Å². The molecule has 0 aliphatic heterocycles. The molecule has 0 aromatic heterocycles. The van der Waals surface area contributed by atoms with Crippen LogP contribution in [0.5, 0.6) is 0 Å². The third-order valence-electron chi connectivity index (χ3n) is 3.18. The van der Waals surface area contributed by atoms with Crippen molar-refractivity contribution in [2.45, 2.75) is 38.2 Å². The Bertz CT molecular complexity index is 417. The van der Waals surface area contributed by atoms with E-state index in [9.17, 15) is 4.79 Å². The molecule has 0 unspecified atom stereocenters. The summed E-state index contributed by atoms with van der Waals surface area (Å²) in [6.07, 6.45) is 8.95. The number of anilines is 1. The van der Waals surface area contributed by atoms with Gasteiger partial charge in [-0.15, -0.1) is 0 Å². The molecule has 0 radical (unpaired) electrons. The van der Waals surface area contributed by atoms with Gasteiger partial charge in [0.2, 0.25) is 0 Å². The van der Waals surface area contributed by atoms with Crippen LogP contribution in [0.15, 0.2) is 30.3 Å². The molecule has 0 saturated heterocycles. The highest BCUT2D eigenvalue weighted by Gasteiger charge is 2.16. The summed E-state index contributed by atoms with van der Waals surface area (Å²) in [7, 11) is 0. The number of hydrogen-bond donors (Lipinski definition) is 1. The predicted molar refractivity (Wildman–Crippen MR) is 72.9 cm³/mol. The van der Waals surface area contributed by atoms with Crippen LogP contribution in [0.25, 0.3) is 6.08 Å². The van der Waals surface area contributed by atoms with Crippen LogP contribution in [0.2, 0.25) is 0 Å². The van der Waals surface area contributed by atoms with Gasteiger partial charge >= 0.3 is 5.97 Å². The van der Waals surface area contributed by atoms with Gasteiger partial charge in [0.1, 0.15) is 6.10 Å². The van der Waals surface area contributed by atoms with E-state index in [-0.39, 0.29) is 12.1 Å². The summed E-state index contributed by atoms with van der Waals surface area (Å²) in [6.45, 7) is 0. The minimum atomic E-state index is -0.251. The normalized spacial score (nSPS) is 16.9. The molecular formula is C15H19NO2. The summed E-state index contributed by atoms with van der Waals surface area (Å²) in [5, 5.41) is 0. The van der Waals surface area contributed by atoms with E-state index in [1.165, 1.54) is 25.3 Å². The maximum Gasteiger partial charge on any atom is 0.331 e. The second kappa shape index (κ2) is 6.24. The first-order valence-electron chi connectivity index (χ1n) is 6.48. The van der Waals surface area contributed by atoms with Crippen molar-refractivity contribution in [1.82, 2.24) is 0 Å². The van der Waals surface area contributed by atoms with Gasteiger partial charge in [-0.1, -0.05) is 18.6 Å². The fourth-order valence-corrected chi connectivity index (χ4v) is 2.16. The molecule has 1 aliphatic carbocycles. The molecule has 1 saturated carbocycles. The fourth-order valence-electron chi connectivity index (χ4n) is 2.16. The highest BCUT2D eigenvalue weighted by molar-refractivity contribution is 5.87. The van der Waals surface area contributed by atoms with Gasteiger partial charge in [-0.2, -0.15) is 0 Å². The van der Waals surface area contributed by atoms with E-state index >= 15 is 0 Å². The lowest BCUT2D eigenvalue weighted by Gasteiger charge is -2.20. The summed E-state index contributed by atoms with van der Waals surface area (Å²) in [6, 6.07) is 7.37. The Morgan fingerprint density at radius 2 is 1.83 bits per heavy atom. The summed E-state index contributed by atoms with van der Waals surface area (Å²) in [4.78, 5) is 11.6. The summed E-state index contributed by atoms with van der Waals surface area (Å²) < 4.78 is 5.39. The van der Waals surface area contributed by atoms with Gasteiger partial charge < -0.3 is 10.5 Å². The van der Waals surface area contributed by atoms with Crippen LogP contribution in [0, 0.1) is 0 Å². The van der Waals surface area contributed by atoms with Crippen LogP contribution < -0.4 is 5.73 Å². The third-order valence-corrected chi connectivity index (χ3v) is 3.18. The third kappa shape index (κ3) is 3.91. The van der Waals surface area contributed by atoms with E-state index in [2.05, 4.69) is 0 Å². The largest absolute Gasteiger partial charge is 0.459 e. The number of nitrogens with two attached hydrogens (primary N) is 1. The van der Waals surface area contributed by atoms with Crippen LogP contribution in [-0.4, -0.2) is 12.1 Å². The molecule has 1 fully saturated rings. The quantitative estimate of drug-likeness (QED) is 0.505. The lowest BCUT2D eigenvalue weighted by Crippen LogP contribution is -2.19. The minimum absolute atomic E-state index is 0.113. The predicted octanol–water partition coefficient (Wildman–Crippen LogP) is 3.16. The molecule has 18 heavy (non-hydrogen) atoms. The average molecular weight is 245 g/mol. The van der Waals surface area contributed by atoms with E-state index in [0.29, 0.717) is 0 Å². The van der Waals surface area contributed by atoms with Gasteiger partial charge in [0.15, 0.2) is 0 Å². The number of nitrogen functional groups attached to an aromatic ring is 1. The first kappa shape index (κ1) is 12.7. The van der Waals surface area contributed by atoms with E-state index in [1.807, 2.05) is 24.3 Å². The van der Waals surface area contributed by atoms with Crippen LogP contribution in [0.1, 0.15) is 37.7 Å². The van der Waals surface area contributed by atoms with E-state index < -0.39 is 0 Å². The van der Waals surface area contributed by atoms with Crippen molar-refractivity contribution < 1.29 is 9.53 Å². The van der Waals surface area contributed by atoms with Crippen LogP contribution in [0.4, 0.5) is 5.69 Å². The van der Waals surface area contributed by atoms with Crippen molar-refractivity contribution in [2.24, 2.45) is 0 Å². The highest BCUT2D eigenvalue weighted by Crippen LogP contribution is 2.20. The maximum absolute atomic E-state index is 11.6. The molecule has 1 aromatic rings. The summed E-state index contributed by atoms with van der Waals surface area (Å²) in [5.74, 6) is -0.251. The summed E-state index contributed by atoms with van der Waals surface area (Å²) in [5.41, 5.74) is 7.26. The van der Waals surface area contributed by atoms with Gasteiger partial charge in [0.25, 0.3) is 0 Å². The zero-order valence-corrected chi connectivity index (χ0v) is 10.5. The Hall–Kier alpha value is -1.77. The number of benzene rings is 1. The molecule has 2 N–H and O–H groups in total. The molecule has 0 spiro atoms. The van der Waals surface area contributed by atoms with Gasteiger partial charge in [-0.3, -0.25) is 0 Å². The van der Waals surface area contributed by atoms with Gasteiger partial charge in [0.05, 0.1) is 0 Å². The zero-order valence-electron chi connectivity index (χ0n) is 10.5. The second-order valence-electron chi connectivity index (χ2n) is 4.70. The smallest absolute Gasteiger partial charge is 0.331 e. The molecule has 0 atom stereocenters. The summed E-state index contributed by atoms with van der Waals surface area (Å²) >= 11 is 0. The lowest BCUT2D eigenvalue weighted by atomic mass is 9.98.